The fraction of sp³-hybridized carbons (Fsp3) is 0.500. The third-order valence-corrected chi connectivity index (χ3v) is 2.13. The molecule has 0 bridgehead atoms. The van der Waals surface area contributed by atoms with Crippen LogP contribution < -0.4 is 10.4 Å². The lowest BCUT2D eigenvalue weighted by molar-refractivity contribution is 0.777. The Morgan fingerprint density at radius 3 is 3.30 bits per heavy atom. The fourth-order valence-corrected chi connectivity index (χ4v) is 1.60. The first kappa shape index (κ1) is 6.12. The van der Waals surface area contributed by atoms with Crippen molar-refractivity contribution in [3.05, 3.63) is 10.9 Å². The normalized spacial score (nSPS) is 18.2. The van der Waals surface area contributed by atoms with E-state index in [-0.39, 0.29) is 0 Å². The van der Waals surface area contributed by atoms with E-state index in [1.54, 1.807) is 11.3 Å². The lowest BCUT2D eigenvalue weighted by atomic mass is 10.5. The zero-order valence-electron chi connectivity index (χ0n) is 5.58. The molecule has 1 saturated heterocycles. The number of anilines is 1. The van der Waals surface area contributed by atoms with E-state index >= 15 is 0 Å². The minimum Gasteiger partial charge on any atom is -0.291 e. The molecule has 1 fully saturated rings. The van der Waals surface area contributed by atoms with E-state index in [1.807, 2.05) is 5.51 Å². The molecule has 0 radical (unpaired) electrons. The topological polar surface area (TPSA) is 28.2 Å². The van der Waals surface area contributed by atoms with Gasteiger partial charge in [0, 0.05) is 18.5 Å². The van der Waals surface area contributed by atoms with Gasteiger partial charge in [0.05, 0.1) is 5.51 Å². The molecule has 54 valence electrons. The zero-order valence-corrected chi connectivity index (χ0v) is 6.40. The third kappa shape index (κ3) is 0.998. The average molecular weight is 155 g/mol. The molecule has 1 N–H and O–H groups in total. The summed E-state index contributed by atoms with van der Waals surface area (Å²) in [5, 5.41) is 4.15. The minimum absolute atomic E-state index is 1.06. The van der Waals surface area contributed by atoms with E-state index in [2.05, 4.69) is 20.8 Å². The maximum Gasteiger partial charge on any atom is 0.153 e. The number of hydrazine groups is 1. The van der Waals surface area contributed by atoms with E-state index in [1.165, 1.54) is 6.42 Å². The molecule has 1 aliphatic heterocycles. The Labute approximate surface area is 63.7 Å². The van der Waals surface area contributed by atoms with Crippen LogP contribution in [0.3, 0.4) is 0 Å². The van der Waals surface area contributed by atoms with Gasteiger partial charge in [-0.2, -0.15) is 0 Å². The first-order valence-corrected chi connectivity index (χ1v) is 4.30. The molecule has 0 unspecified atom stereocenters. The lowest BCUT2D eigenvalue weighted by Gasteiger charge is -2.12. The van der Waals surface area contributed by atoms with Crippen molar-refractivity contribution in [3.63, 3.8) is 0 Å². The van der Waals surface area contributed by atoms with Gasteiger partial charge in [0.25, 0.3) is 0 Å². The summed E-state index contributed by atoms with van der Waals surface area (Å²) in [5.74, 6) is 1.06. The van der Waals surface area contributed by atoms with Crippen LogP contribution in [0.1, 0.15) is 6.42 Å². The van der Waals surface area contributed by atoms with Crippen molar-refractivity contribution in [2.75, 3.05) is 18.1 Å². The van der Waals surface area contributed by atoms with Gasteiger partial charge in [-0.1, -0.05) is 0 Å². The first-order valence-electron chi connectivity index (χ1n) is 3.36. The van der Waals surface area contributed by atoms with E-state index in [9.17, 15) is 0 Å². The molecule has 0 spiro atoms. The van der Waals surface area contributed by atoms with Gasteiger partial charge in [-0.15, -0.1) is 11.3 Å². The second-order valence-corrected chi connectivity index (χ2v) is 2.98. The van der Waals surface area contributed by atoms with Crippen LogP contribution in [0.2, 0.25) is 0 Å². The molecular formula is C6H9N3S. The zero-order chi connectivity index (χ0) is 6.81. The monoisotopic (exact) mass is 155 g/mol. The van der Waals surface area contributed by atoms with Gasteiger partial charge >= 0.3 is 0 Å². The van der Waals surface area contributed by atoms with Gasteiger partial charge < -0.3 is 0 Å². The Balaban J connectivity index is 2.12. The van der Waals surface area contributed by atoms with E-state index < -0.39 is 0 Å². The van der Waals surface area contributed by atoms with Crippen molar-refractivity contribution in [1.82, 2.24) is 10.4 Å². The quantitative estimate of drug-likeness (QED) is 0.652. The molecule has 0 aliphatic carbocycles. The van der Waals surface area contributed by atoms with E-state index in [0.29, 0.717) is 0 Å². The Kier molecular flexibility index (Phi) is 1.56. The van der Waals surface area contributed by atoms with Crippen molar-refractivity contribution < 1.29 is 0 Å². The Morgan fingerprint density at radius 1 is 1.70 bits per heavy atom. The van der Waals surface area contributed by atoms with Gasteiger partial charge in [-0.05, 0) is 6.42 Å². The summed E-state index contributed by atoms with van der Waals surface area (Å²) in [6.07, 6.45) is 1.22. The van der Waals surface area contributed by atoms with Crippen LogP contribution in [-0.2, 0) is 0 Å². The maximum absolute atomic E-state index is 4.18. The van der Waals surface area contributed by atoms with Crippen molar-refractivity contribution in [2.24, 2.45) is 0 Å². The molecule has 0 atom stereocenters. The molecule has 0 saturated carbocycles. The molecule has 2 heterocycles. The van der Waals surface area contributed by atoms with Gasteiger partial charge in [-0.25, -0.2) is 10.4 Å². The van der Waals surface area contributed by atoms with Crippen molar-refractivity contribution in [1.29, 1.82) is 0 Å². The van der Waals surface area contributed by atoms with Crippen LogP contribution >= 0.6 is 11.3 Å². The number of nitrogens with zero attached hydrogens (tertiary/aromatic N) is 2. The Bertz CT molecular complexity index is 191. The fourth-order valence-electron chi connectivity index (χ4n) is 1.07. The van der Waals surface area contributed by atoms with Gasteiger partial charge in [0.2, 0.25) is 0 Å². The highest BCUT2D eigenvalue weighted by Gasteiger charge is 2.11. The van der Waals surface area contributed by atoms with E-state index in [0.717, 1.165) is 18.9 Å². The Hall–Kier alpha value is -0.610. The van der Waals surface area contributed by atoms with Crippen LogP contribution in [-0.4, -0.2) is 18.1 Å². The van der Waals surface area contributed by atoms with Crippen LogP contribution in [0.15, 0.2) is 10.9 Å². The van der Waals surface area contributed by atoms with E-state index in [4.69, 9.17) is 0 Å². The number of hydrogen-bond donors (Lipinski definition) is 1. The minimum atomic E-state index is 1.06. The van der Waals surface area contributed by atoms with Crippen LogP contribution in [0.5, 0.6) is 0 Å². The van der Waals surface area contributed by atoms with Crippen LogP contribution in [0.25, 0.3) is 0 Å². The van der Waals surface area contributed by atoms with Crippen molar-refractivity contribution >= 4 is 17.2 Å². The SMILES string of the molecule is c1nc(N2CCCN2)cs1. The molecular weight excluding hydrogens is 146 g/mol. The molecule has 1 aromatic heterocycles. The number of aromatic nitrogens is 1. The summed E-state index contributed by atoms with van der Waals surface area (Å²) in [6, 6.07) is 0. The standard InChI is InChI=1S/C6H9N3S/c1-2-8-9(3-1)6-4-10-5-7-6/h4-5,8H,1-3H2. The molecule has 4 heteroatoms. The summed E-state index contributed by atoms with van der Waals surface area (Å²) < 4.78 is 0. The number of hydrogen-bond acceptors (Lipinski definition) is 4. The summed E-state index contributed by atoms with van der Waals surface area (Å²) in [4.78, 5) is 4.18. The lowest BCUT2D eigenvalue weighted by Crippen LogP contribution is -2.30. The van der Waals surface area contributed by atoms with Crippen molar-refractivity contribution in [2.45, 2.75) is 6.42 Å². The molecule has 0 aromatic carbocycles. The summed E-state index contributed by atoms with van der Waals surface area (Å²) >= 11 is 1.63. The smallest absolute Gasteiger partial charge is 0.153 e. The molecule has 0 amide bonds. The highest BCUT2D eigenvalue weighted by atomic mass is 32.1. The van der Waals surface area contributed by atoms with Crippen molar-refractivity contribution in [3.8, 4) is 0 Å². The predicted molar refractivity (Wildman–Crippen MR) is 42.1 cm³/mol. The molecule has 1 aromatic rings. The average Bonchev–Trinajstić information content (AvgIpc) is 2.59. The largest absolute Gasteiger partial charge is 0.291 e. The number of thiazole rings is 1. The number of rotatable bonds is 1. The summed E-state index contributed by atoms with van der Waals surface area (Å²) in [7, 11) is 0. The molecule has 10 heavy (non-hydrogen) atoms. The highest BCUT2D eigenvalue weighted by Crippen LogP contribution is 2.13. The second-order valence-electron chi connectivity index (χ2n) is 2.26. The molecule has 3 nitrogen and oxygen atoms in total. The maximum atomic E-state index is 4.18. The molecule has 2 rings (SSSR count). The third-order valence-electron chi connectivity index (χ3n) is 1.56. The molecule has 1 aliphatic rings. The Morgan fingerprint density at radius 2 is 2.70 bits per heavy atom. The van der Waals surface area contributed by atoms with Gasteiger partial charge in [0.15, 0.2) is 5.82 Å². The van der Waals surface area contributed by atoms with Crippen LogP contribution in [0.4, 0.5) is 5.82 Å². The highest BCUT2D eigenvalue weighted by molar-refractivity contribution is 7.07. The predicted octanol–water partition coefficient (Wildman–Crippen LogP) is 0.858. The van der Waals surface area contributed by atoms with Crippen LogP contribution in [0, 0.1) is 0 Å². The summed E-state index contributed by atoms with van der Waals surface area (Å²) in [5.41, 5.74) is 5.09. The number of nitrogens with one attached hydrogen (secondary N) is 1. The summed E-state index contributed by atoms with van der Waals surface area (Å²) in [6.45, 7) is 2.17. The first-order chi connectivity index (χ1) is 4.97. The van der Waals surface area contributed by atoms with Gasteiger partial charge in [0.1, 0.15) is 0 Å². The second kappa shape index (κ2) is 2.56. The van der Waals surface area contributed by atoms with Gasteiger partial charge in [-0.3, -0.25) is 5.01 Å².